The van der Waals surface area contributed by atoms with Gasteiger partial charge in [-0.2, -0.15) is 0 Å². The lowest BCUT2D eigenvalue weighted by Crippen LogP contribution is -2.53. The number of ether oxygens (including phenoxy) is 1. The van der Waals surface area contributed by atoms with E-state index in [2.05, 4.69) is 0 Å². The van der Waals surface area contributed by atoms with Gasteiger partial charge in [-0.15, -0.1) is 0 Å². The molecule has 2 heterocycles. The molecule has 0 N–H and O–H groups in total. The lowest BCUT2D eigenvalue weighted by Gasteiger charge is -2.41. The van der Waals surface area contributed by atoms with Gasteiger partial charge in [-0.25, -0.2) is 9.29 Å². The van der Waals surface area contributed by atoms with Crippen molar-refractivity contribution in [2.45, 2.75) is 25.5 Å². The van der Waals surface area contributed by atoms with Gasteiger partial charge in [0.1, 0.15) is 11.6 Å². The average Bonchev–Trinajstić information content (AvgIpc) is 2.88. The number of para-hydroxylation sites is 1. The Labute approximate surface area is 132 Å². The van der Waals surface area contributed by atoms with Crippen LogP contribution in [0.5, 0.6) is 5.75 Å². The fourth-order valence-electron chi connectivity index (χ4n) is 3.33. The monoisotopic (exact) mass is 311 g/mol. The Morgan fingerprint density at radius 1 is 1.17 bits per heavy atom. The average molecular weight is 311 g/mol. The molecule has 0 aliphatic carbocycles. The molecule has 4 nitrogen and oxygen atoms in total. The lowest BCUT2D eigenvalue weighted by molar-refractivity contribution is -0.137. The summed E-state index contributed by atoms with van der Waals surface area (Å²) in [4.78, 5) is 26.3. The number of halogens is 1. The fourth-order valence-corrected chi connectivity index (χ4v) is 3.33. The van der Waals surface area contributed by atoms with E-state index in [-0.39, 0.29) is 24.1 Å². The molecule has 0 saturated carbocycles. The van der Waals surface area contributed by atoms with Crippen LogP contribution in [-0.4, -0.2) is 16.7 Å². The Bertz CT molecular complexity index is 848. The zero-order valence-corrected chi connectivity index (χ0v) is 12.5. The van der Waals surface area contributed by atoms with Gasteiger partial charge in [0.05, 0.1) is 5.56 Å². The molecule has 2 aromatic carbocycles. The van der Waals surface area contributed by atoms with Crippen LogP contribution in [0.15, 0.2) is 42.5 Å². The molecule has 2 aliphatic heterocycles. The number of fused-ring (bicyclic) bond motifs is 2. The number of carbonyl (C=O) groups is 2. The second kappa shape index (κ2) is 4.65. The van der Waals surface area contributed by atoms with Gasteiger partial charge in [0.25, 0.3) is 5.91 Å². The minimum atomic E-state index is -1.18. The summed E-state index contributed by atoms with van der Waals surface area (Å²) >= 11 is 0. The standard InChI is InChI=1S/C18H14FNO3/c1-11-10-12(6-7-14(11)19)18-9-8-16(21)20(18)17(22)13-4-2-3-5-15(13)23-18/h2-7,10H,8-9H2,1H3. The molecule has 1 saturated heterocycles. The number of rotatable bonds is 1. The summed E-state index contributed by atoms with van der Waals surface area (Å²) in [6.45, 7) is 1.65. The van der Waals surface area contributed by atoms with Crippen molar-refractivity contribution in [1.82, 2.24) is 4.90 Å². The van der Waals surface area contributed by atoms with Gasteiger partial charge in [0.15, 0.2) is 0 Å². The van der Waals surface area contributed by atoms with Crippen molar-refractivity contribution in [2.75, 3.05) is 0 Å². The third-order valence-electron chi connectivity index (χ3n) is 4.50. The lowest BCUT2D eigenvalue weighted by atomic mass is 9.95. The smallest absolute Gasteiger partial charge is 0.267 e. The molecule has 0 radical (unpaired) electrons. The van der Waals surface area contributed by atoms with Gasteiger partial charge in [-0.05, 0) is 36.8 Å². The van der Waals surface area contributed by atoms with Crippen LogP contribution >= 0.6 is 0 Å². The van der Waals surface area contributed by atoms with Crippen molar-refractivity contribution in [3.05, 3.63) is 65.0 Å². The Hall–Kier alpha value is -2.69. The quantitative estimate of drug-likeness (QED) is 0.760. The number of amides is 2. The van der Waals surface area contributed by atoms with Crippen molar-refractivity contribution in [2.24, 2.45) is 0 Å². The predicted molar refractivity (Wildman–Crippen MR) is 80.3 cm³/mol. The van der Waals surface area contributed by atoms with E-state index in [0.717, 1.165) is 0 Å². The molecule has 2 amide bonds. The molecule has 1 unspecified atom stereocenters. The maximum Gasteiger partial charge on any atom is 0.267 e. The Morgan fingerprint density at radius 2 is 1.96 bits per heavy atom. The van der Waals surface area contributed by atoms with E-state index in [1.807, 2.05) is 0 Å². The van der Waals surface area contributed by atoms with Crippen LogP contribution in [0.1, 0.15) is 34.3 Å². The van der Waals surface area contributed by atoms with Crippen molar-refractivity contribution in [3.63, 3.8) is 0 Å². The number of carbonyl (C=O) groups excluding carboxylic acids is 2. The van der Waals surface area contributed by atoms with E-state index in [1.54, 1.807) is 43.3 Å². The van der Waals surface area contributed by atoms with Crippen molar-refractivity contribution in [3.8, 4) is 5.75 Å². The summed E-state index contributed by atoms with van der Waals surface area (Å²) in [7, 11) is 0. The fraction of sp³-hybridized carbons (Fsp3) is 0.222. The van der Waals surface area contributed by atoms with Crippen LogP contribution in [0.3, 0.4) is 0 Å². The predicted octanol–water partition coefficient (Wildman–Crippen LogP) is 3.14. The molecule has 1 fully saturated rings. The molecule has 1 atom stereocenters. The molecule has 116 valence electrons. The molecule has 4 rings (SSSR count). The number of aryl methyl sites for hydroxylation is 1. The summed E-state index contributed by atoms with van der Waals surface area (Å²) < 4.78 is 19.7. The van der Waals surface area contributed by atoms with Crippen LogP contribution < -0.4 is 4.74 Å². The highest BCUT2D eigenvalue weighted by Crippen LogP contribution is 2.46. The van der Waals surface area contributed by atoms with Gasteiger partial charge in [-0.1, -0.05) is 18.2 Å². The molecule has 23 heavy (non-hydrogen) atoms. The van der Waals surface area contributed by atoms with E-state index < -0.39 is 5.72 Å². The number of benzene rings is 2. The molecule has 5 heteroatoms. The largest absolute Gasteiger partial charge is 0.462 e. The number of imide groups is 1. The zero-order chi connectivity index (χ0) is 16.2. The first-order valence-corrected chi connectivity index (χ1v) is 7.45. The summed E-state index contributed by atoms with van der Waals surface area (Å²) in [5.41, 5.74) is 0.259. The summed E-state index contributed by atoms with van der Waals surface area (Å²) in [5.74, 6) is -0.517. The zero-order valence-electron chi connectivity index (χ0n) is 12.5. The first kappa shape index (κ1) is 13.9. The first-order chi connectivity index (χ1) is 11.0. The number of nitrogens with zero attached hydrogens (tertiary/aromatic N) is 1. The molecule has 0 bridgehead atoms. The van der Waals surface area contributed by atoms with Gasteiger partial charge in [0.2, 0.25) is 11.6 Å². The van der Waals surface area contributed by atoms with Crippen molar-refractivity contribution in [1.29, 1.82) is 0 Å². The highest BCUT2D eigenvalue weighted by atomic mass is 19.1. The first-order valence-electron chi connectivity index (χ1n) is 7.45. The van der Waals surface area contributed by atoms with E-state index in [9.17, 15) is 14.0 Å². The molecule has 2 aliphatic rings. The van der Waals surface area contributed by atoms with Crippen LogP contribution in [0.25, 0.3) is 0 Å². The van der Waals surface area contributed by atoms with Crippen LogP contribution in [0, 0.1) is 12.7 Å². The highest BCUT2D eigenvalue weighted by Gasteiger charge is 2.55. The Kier molecular flexibility index (Phi) is 2.82. The topological polar surface area (TPSA) is 46.6 Å². The maximum atomic E-state index is 13.6. The Morgan fingerprint density at radius 3 is 2.74 bits per heavy atom. The summed E-state index contributed by atoms with van der Waals surface area (Å²) in [6.07, 6.45) is 0.577. The normalized spacial score (nSPS) is 22.6. The highest BCUT2D eigenvalue weighted by molar-refractivity contribution is 6.08. The second-order valence-corrected chi connectivity index (χ2v) is 5.88. The number of hydrogen-bond donors (Lipinski definition) is 0. The SMILES string of the molecule is Cc1cc(C23CCC(=O)N2C(=O)c2ccccc2O3)ccc1F. The molecular weight excluding hydrogens is 297 g/mol. The summed E-state index contributed by atoms with van der Waals surface area (Å²) in [5, 5.41) is 0. The third kappa shape index (κ3) is 1.82. The minimum Gasteiger partial charge on any atom is -0.462 e. The maximum absolute atomic E-state index is 13.6. The van der Waals surface area contributed by atoms with Crippen LogP contribution in [-0.2, 0) is 10.5 Å². The summed E-state index contributed by atoms with van der Waals surface area (Å²) in [6, 6.07) is 11.4. The van der Waals surface area contributed by atoms with Crippen LogP contribution in [0.4, 0.5) is 4.39 Å². The van der Waals surface area contributed by atoms with Gasteiger partial charge < -0.3 is 4.74 Å². The van der Waals surface area contributed by atoms with E-state index >= 15 is 0 Å². The van der Waals surface area contributed by atoms with Gasteiger partial charge in [0, 0.05) is 18.4 Å². The van der Waals surface area contributed by atoms with E-state index in [4.69, 9.17) is 4.74 Å². The Balaban J connectivity index is 1.93. The van der Waals surface area contributed by atoms with Gasteiger partial charge >= 0.3 is 0 Å². The van der Waals surface area contributed by atoms with Crippen LogP contribution in [0.2, 0.25) is 0 Å². The van der Waals surface area contributed by atoms with Crippen molar-refractivity contribution >= 4 is 11.8 Å². The van der Waals surface area contributed by atoms with E-state index in [1.165, 1.54) is 11.0 Å². The molecular formula is C18H14FNO3. The third-order valence-corrected chi connectivity index (χ3v) is 4.50. The molecule has 0 aromatic heterocycles. The molecule has 0 spiro atoms. The molecule has 2 aromatic rings. The van der Waals surface area contributed by atoms with Gasteiger partial charge in [-0.3, -0.25) is 9.59 Å². The second-order valence-electron chi connectivity index (χ2n) is 5.88. The van der Waals surface area contributed by atoms with Crippen molar-refractivity contribution < 1.29 is 18.7 Å². The minimum absolute atomic E-state index is 0.218. The van der Waals surface area contributed by atoms with E-state index in [0.29, 0.717) is 28.9 Å². The number of hydrogen-bond acceptors (Lipinski definition) is 3.